The molecule has 0 heterocycles. The highest BCUT2D eigenvalue weighted by molar-refractivity contribution is 6.30. The van der Waals surface area contributed by atoms with Crippen molar-refractivity contribution in [3.8, 4) is 17.2 Å². The summed E-state index contributed by atoms with van der Waals surface area (Å²) in [5.41, 5.74) is 6.59. The van der Waals surface area contributed by atoms with Gasteiger partial charge in [0.15, 0.2) is 0 Å². The molecule has 0 saturated carbocycles. The average molecular weight is 264 g/mol. The normalized spacial score (nSPS) is 10.2. The summed E-state index contributed by atoms with van der Waals surface area (Å²) in [6.45, 7) is 0.403. The molecule has 2 rings (SSSR count). The van der Waals surface area contributed by atoms with Crippen LogP contribution in [0, 0.1) is 0 Å². The molecule has 0 aliphatic rings. The minimum atomic E-state index is 0.403. The fourth-order valence-electron chi connectivity index (χ4n) is 1.58. The molecule has 4 heteroatoms. The summed E-state index contributed by atoms with van der Waals surface area (Å²) < 4.78 is 10.9. The summed E-state index contributed by atoms with van der Waals surface area (Å²) in [4.78, 5) is 0. The van der Waals surface area contributed by atoms with E-state index in [4.69, 9.17) is 26.8 Å². The second-order valence-electron chi connectivity index (χ2n) is 3.74. The van der Waals surface area contributed by atoms with Crippen LogP contribution in [0.1, 0.15) is 5.56 Å². The third kappa shape index (κ3) is 2.94. The van der Waals surface area contributed by atoms with Crippen LogP contribution in [0.2, 0.25) is 5.02 Å². The van der Waals surface area contributed by atoms with Gasteiger partial charge in [-0.3, -0.25) is 0 Å². The minimum absolute atomic E-state index is 0.403. The second kappa shape index (κ2) is 5.76. The van der Waals surface area contributed by atoms with Crippen molar-refractivity contribution in [1.82, 2.24) is 0 Å². The highest BCUT2D eigenvalue weighted by Gasteiger charge is 2.06. The molecule has 0 atom stereocenters. The Morgan fingerprint density at radius 2 is 1.94 bits per heavy atom. The maximum atomic E-state index is 5.91. The Bertz CT molecular complexity index is 543. The van der Waals surface area contributed by atoms with Crippen molar-refractivity contribution in [2.24, 2.45) is 5.73 Å². The van der Waals surface area contributed by atoms with Crippen molar-refractivity contribution < 1.29 is 9.47 Å². The molecule has 2 N–H and O–H groups in total. The molecule has 3 nitrogen and oxygen atoms in total. The Kier molecular flexibility index (Phi) is 4.07. The van der Waals surface area contributed by atoms with Gasteiger partial charge in [-0.1, -0.05) is 23.7 Å². The topological polar surface area (TPSA) is 44.5 Å². The first-order valence-electron chi connectivity index (χ1n) is 5.53. The predicted octanol–water partition coefficient (Wildman–Crippen LogP) is 3.60. The molecule has 18 heavy (non-hydrogen) atoms. The van der Waals surface area contributed by atoms with Crippen LogP contribution in [0.25, 0.3) is 0 Å². The summed E-state index contributed by atoms with van der Waals surface area (Å²) in [6, 6.07) is 12.8. The van der Waals surface area contributed by atoms with Gasteiger partial charge in [0.1, 0.15) is 17.2 Å². The monoisotopic (exact) mass is 263 g/mol. The molecular formula is C14H14ClNO2. The van der Waals surface area contributed by atoms with Gasteiger partial charge in [-0.05, 0) is 24.3 Å². The van der Waals surface area contributed by atoms with Crippen LogP contribution in [0.3, 0.4) is 0 Å². The largest absolute Gasteiger partial charge is 0.497 e. The van der Waals surface area contributed by atoms with E-state index in [0.717, 1.165) is 11.3 Å². The number of hydrogen-bond acceptors (Lipinski definition) is 3. The zero-order valence-electron chi connectivity index (χ0n) is 10.0. The lowest BCUT2D eigenvalue weighted by Crippen LogP contribution is -1.99. The van der Waals surface area contributed by atoms with Crippen molar-refractivity contribution >= 4 is 11.6 Å². The first kappa shape index (κ1) is 12.7. The molecule has 0 amide bonds. The van der Waals surface area contributed by atoms with E-state index in [2.05, 4.69) is 0 Å². The fourth-order valence-corrected chi connectivity index (χ4v) is 1.76. The van der Waals surface area contributed by atoms with E-state index in [9.17, 15) is 0 Å². The summed E-state index contributed by atoms with van der Waals surface area (Å²) in [7, 11) is 1.61. The maximum absolute atomic E-state index is 5.91. The predicted molar refractivity (Wildman–Crippen MR) is 72.4 cm³/mol. The molecule has 0 saturated heterocycles. The molecule has 0 aliphatic heterocycles. The second-order valence-corrected chi connectivity index (χ2v) is 4.17. The van der Waals surface area contributed by atoms with E-state index >= 15 is 0 Å². The summed E-state index contributed by atoms with van der Waals surface area (Å²) in [6.07, 6.45) is 0. The molecule has 0 aromatic heterocycles. The van der Waals surface area contributed by atoms with Crippen molar-refractivity contribution in [1.29, 1.82) is 0 Å². The molecule has 2 aromatic carbocycles. The van der Waals surface area contributed by atoms with Gasteiger partial charge in [0.25, 0.3) is 0 Å². The van der Waals surface area contributed by atoms with E-state index in [1.54, 1.807) is 19.2 Å². The molecule has 2 aromatic rings. The number of ether oxygens (including phenoxy) is 2. The van der Waals surface area contributed by atoms with Gasteiger partial charge in [0.2, 0.25) is 0 Å². The Balaban J connectivity index is 2.32. The number of methoxy groups -OCH3 is 1. The van der Waals surface area contributed by atoms with Gasteiger partial charge >= 0.3 is 0 Å². The lowest BCUT2D eigenvalue weighted by molar-refractivity contribution is 0.408. The smallest absolute Gasteiger partial charge is 0.135 e. The summed E-state index contributed by atoms with van der Waals surface area (Å²) >= 11 is 5.91. The van der Waals surface area contributed by atoms with E-state index in [0.29, 0.717) is 23.1 Å². The van der Waals surface area contributed by atoms with E-state index in [-0.39, 0.29) is 0 Å². The van der Waals surface area contributed by atoms with Crippen LogP contribution in [-0.4, -0.2) is 7.11 Å². The standard InChI is InChI=1S/C14H14ClNO2/c1-17-12-6-5-10(9-16)14(8-12)18-13-4-2-3-11(15)7-13/h2-8H,9,16H2,1H3. The maximum Gasteiger partial charge on any atom is 0.135 e. The fraction of sp³-hybridized carbons (Fsp3) is 0.143. The lowest BCUT2D eigenvalue weighted by atomic mass is 10.2. The van der Waals surface area contributed by atoms with E-state index < -0.39 is 0 Å². The lowest BCUT2D eigenvalue weighted by Gasteiger charge is -2.11. The average Bonchev–Trinajstić information content (AvgIpc) is 2.38. The van der Waals surface area contributed by atoms with Crippen LogP contribution >= 0.6 is 11.6 Å². The van der Waals surface area contributed by atoms with Crippen molar-refractivity contribution in [3.05, 3.63) is 53.1 Å². The molecule has 0 unspecified atom stereocenters. The van der Waals surface area contributed by atoms with E-state index in [1.165, 1.54) is 0 Å². The van der Waals surface area contributed by atoms with Gasteiger partial charge < -0.3 is 15.2 Å². The number of hydrogen-bond donors (Lipinski definition) is 1. The van der Waals surface area contributed by atoms with E-state index in [1.807, 2.05) is 30.3 Å². The highest BCUT2D eigenvalue weighted by atomic mass is 35.5. The van der Waals surface area contributed by atoms with Gasteiger partial charge in [0, 0.05) is 23.2 Å². The third-order valence-corrected chi connectivity index (χ3v) is 2.75. The number of nitrogens with two attached hydrogens (primary N) is 1. The highest BCUT2D eigenvalue weighted by Crippen LogP contribution is 2.30. The van der Waals surface area contributed by atoms with Crippen molar-refractivity contribution in [3.63, 3.8) is 0 Å². The van der Waals surface area contributed by atoms with Crippen LogP contribution in [-0.2, 0) is 6.54 Å². The summed E-state index contributed by atoms with van der Waals surface area (Å²) in [5.74, 6) is 2.08. The first-order valence-corrected chi connectivity index (χ1v) is 5.91. The van der Waals surface area contributed by atoms with Crippen LogP contribution < -0.4 is 15.2 Å². The number of halogens is 1. The zero-order chi connectivity index (χ0) is 13.0. The first-order chi connectivity index (χ1) is 8.72. The van der Waals surface area contributed by atoms with Gasteiger partial charge in [-0.15, -0.1) is 0 Å². The third-order valence-electron chi connectivity index (χ3n) is 2.52. The molecule has 0 bridgehead atoms. The van der Waals surface area contributed by atoms with Gasteiger partial charge in [0.05, 0.1) is 7.11 Å². The molecule has 94 valence electrons. The Hall–Kier alpha value is -1.71. The van der Waals surface area contributed by atoms with Crippen molar-refractivity contribution in [2.45, 2.75) is 6.54 Å². The van der Waals surface area contributed by atoms with Gasteiger partial charge in [-0.2, -0.15) is 0 Å². The van der Waals surface area contributed by atoms with Gasteiger partial charge in [-0.25, -0.2) is 0 Å². The minimum Gasteiger partial charge on any atom is -0.497 e. The van der Waals surface area contributed by atoms with Crippen LogP contribution in [0.5, 0.6) is 17.2 Å². The zero-order valence-corrected chi connectivity index (χ0v) is 10.8. The van der Waals surface area contributed by atoms with Crippen molar-refractivity contribution in [2.75, 3.05) is 7.11 Å². The SMILES string of the molecule is COc1ccc(CN)c(Oc2cccc(Cl)c2)c1. The Morgan fingerprint density at radius 3 is 2.61 bits per heavy atom. The Labute approximate surface area is 111 Å². The number of rotatable bonds is 4. The molecular weight excluding hydrogens is 250 g/mol. The number of benzene rings is 2. The van der Waals surface area contributed by atoms with Crippen LogP contribution in [0.15, 0.2) is 42.5 Å². The Morgan fingerprint density at radius 1 is 1.11 bits per heavy atom. The quantitative estimate of drug-likeness (QED) is 0.917. The molecule has 0 aliphatic carbocycles. The molecule has 0 spiro atoms. The van der Waals surface area contributed by atoms with Crippen LogP contribution in [0.4, 0.5) is 0 Å². The summed E-state index contributed by atoms with van der Waals surface area (Å²) in [5, 5.41) is 0.629. The molecule has 0 fully saturated rings. The molecule has 0 radical (unpaired) electrons.